The molecule has 1 aromatic heterocycles. The van der Waals surface area contributed by atoms with Crippen molar-refractivity contribution in [2.24, 2.45) is 17.7 Å². The van der Waals surface area contributed by atoms with E-state index in [2.05, 4.69) is 29.6 Å². The largest absolute Gasteiger partial charge is 0.271 e. The van der Waals surface area contributed by atoms with E-state index in [0.717, 1.165) is 23.3 Å². The molecule has 1 saturated carbocycles. The van der Waals surface area contributed by atoms with Gasteiger partial charge in [-0.3, -0.25) is 11.3 Å². The normalized spacial score (nSPS) is 26.2. The molecule has 0 saturated heterocycles. The molecule has 1 aliphatic rings. The van der Waals surface area contributed by atoms with E-state index >= 15 is 0 Å². The maximum Gasteiger partial charge on any atom is 0.0897 e. The highest BCUT2D eigenvalue weighted by atomic mass is 32.1. The third-order valence-corrected chi connectivity index (χ3v) is 5.14. The Labute approximate surface area is 114 Å². The van der Waals surface area contributed by atoms with Crippen LogP contribution in [0.2, 0.25) is 0 Å². The van der Waals surface area contributed by atoms with E-state index in [1.807, 2.05) is 0 Å². The van der Waals surface area contributed by atoms with Crippen LogP contribution in [0.15, 0.2) is 5.38 Å². The Morgan fingerprint density at radius 1 is 1.50 bits per heavy atom. The molecule has 4 heteroatoms. The van der Waals surface area contributed by atoms with Gasteiger partial charge in [-0.15, -0.1) is 11.3 Å². The van der Waals surface area contributed by atoms with Crippen LogP contribution in [-0.4, -0.2) is 11.0 Å². The SMILES string of the molecule is CCC1CCCCC1C(Cc1csc(C)n1)NN. The van der Waals surface area contributed by atoms with Crippen molar-refractivity contribution < 1.29 is 0 Å². The summed E-state index contributed by atoms with van der Waals surface area (Å²) in [7, 11) is 0. The molecule has 102 valence electrons. The van der Waals surface area contributed by atoms with Gasteiger partial charge in [-0.05, 0) is 25.2 Å². The average molecular weight is 267 g/mol. The van der Waals surface area contributed by atoms with Gasteiger partial charge in [0.25, 0.3) is 0 Å². The lowest BCUT2D eigenvalue weighted by Crippen LogP contribution is -2.46. The van der Waals surface area contributed by atoms with Crippen molar-refractivity contribution in [2.75, 3.05) is 0 Å². The molecule has 3 unspecified atom stereocenters. The van der Waals surface area contributed by atoms with Crippen LogP contribution in [0.5, 0.6) is 0 Å². The first-order valence-corrected chi connectivity index (χ1v) is 7.99. The monoisotopic (exact) mass is 267 g/mol. The van der Waals surface area contributed by atoms with Crippen LogP contribution < -0.4 is 11.3 Å². The molecule has 1 aromatic rings. The first-order valence-electron chi connectivity index (χ1n) is 7.11. The Morgan fingerprint density at radius 3 is 2.89 bits per heavy atom. The molecule has 3 nitrogen and oxygen atoms in total. The minimum Gasteiger partial charge on any atom is -0.271 e. The number of aryl methyl sites for hydroxylation is 1. The molecule has 1 aliphatic carbocycles. The van der Waals surface area contributed by atoms with Crippen molar-refractivity contribution in [3.8, 4) is 0 Å². The maximum atomic E-state index is 5.80. The Morgan fingerprint density at radius 2 is 2.28 bits per heavy atom. The second kappa shape index (κ2) is 6.64. The third kappa shape index (κ3) is 3.31. The third-order valence-electron chi connectivity index (χ3n) is 4.32. The quantitative estimate of drug-likeness (QED) is 0.637. The number of hydrogen-bond acceptors (Lipinski definition) is 4. The predicted molar refractivity (Wildman–Crippen MR) is 77.4 cm³/mol. The number of nitrogens with two attached hydrogens (primary N) is 1. The van der Waals surface area contributed by atoms with Crippen molar-refractivity contribution in [1.29, 1.82) is 0 Å². The van der Waals surface area contributed by atoms with E-state index in [0.29, 0.717) is 6.04 Å². The van der Waals surface area contributed by atoms with Gasteiger partial charge in [0.1, 0.15) is 0 Å². The summed E-state index contributed by atoms with van der Waals surface area (Å²) >= 11 is 1.73. The summed E-state index contributed by atoms with van der Waals surface area (Å²) in [6.45, 7) is 4.37. The molecule has 3 atom stereocenters. The Kier molecular flexibility index (Phi) is 5.15. The van der Waals surface area contributed by atoms with Gasteiger partial charge in [0.2, 0.25) is 0 Å². The zero-order chi connectivity index (χ0) is 13.0. The number of aromatic nitrogens is 1. The van der Waals surface area contributed by atoms with E-state index in [4.69, 9.17) is 5.84 Å². The van der Waals surface area contributed by atoms with Crippen molar-refractivity contribution >= 4 is 11.3 Å². The van der Waals surface area contributed by atoms with Gasteiger partial charge >= 0.3 is 0 Å². The van der Waals surface area contributed by atoms with Gasteiger partial charge in [0, 0.05) is 17.8 Å². The van der Waals surface area contributed by atoms with Crippen molar-refractivity contribution in [1.82, 2.24) is 10.4 Å². The Bertz CT molecular complexity index is 364. The minimum atomic E-state index is 0.386. The highest BCUT2D eigenvalue weighted by molar-refractivity contribution is 7.09. The summed E-state index contributed by atoms with van der Waals surface area (Å²) in [5.41, 5.74) is 4.25. The molecule has 2 rings (SSSR count). The topological polar surface area (TPSA) is 50.9 Å². The van der Waals surface area contributed by atoms with Crippen LogP contribution in [0.3, 0.4) is 0 Å². The molecule has 0 aromatic carbocycles. The molecule has 0 spiro atoms. The summed E-state index contributed by atoms with van der Waals surface area (Å²) in [6, 6.07) is 0.386. The number of hydrogen-bond donors (Lipinski definition) is 2. The van der Waals surface area contributed by atoms with Gasteiger partial charge in [0.05, 0.1) is 10.7 Å². The van der Waals surface area contributed by atoms with Crippen molar-refractivity contribution in [2.45, 2.75) is 58.4 Å². The van der Waals surface area contributed by atoms with Crippen LogP contribution in [0, 0.1) is 18.8 Å². The first-order chi connectivity index (χ1) is 8.74. The van der Waals surface area contributed by atoms with Crippen LogP contribution in [0.4, 0.5) is 0 Å². The van der Waals surface area contributed by atoms with Gasteiger partial charge < -0.3 is 0 Å². The maximum absolute atomic E-state index is 5.80. The molecule has 1 fully saturated rings. The molecule has 0 amide bonds. The fourth-order valence-electron chi connectivity index (χ4n) is 3.33. The van der Waals surface area contributed by atoms with Crippen LogP contribution >= 0.6 is 11.3 Å². The van der Waals surface area contributed by atoms with E-state index < -0.39 is 0 Å². The van der Waals surface area contributed by atoms with Crippen molar-refractivity contribution in [3.05, 3.63) is 16.1 Å². The second-order valence-electron chi connectivity index (χ2n) is 5.45. The number of nitrogens with one attached hydrogen (secondary N) is 1. The van der Waals surface area contributed by atoms with E-state index in [-0.39, 0.29) is 0 Å². The minimum absolute atomic E-state index is 0.386. The lowest BCUT2D eigenvalue weighted by atomic mass is 9.73. The molecule has 18 heavy (non-hydrogen) atoms. The van der Waals surface area contributed by atoms with Crippen molar-refractivity contribution in [3.63, 3.8) is 0 Å². The van der Waals surface area contributed by atoms with Crippen LogP contribution in [0.1, 0.15) is 49.7 Å². The van der Waals surface area contributed by atoms with Gasteiger partial charge in [-0.25, -0.2) is 4.98 Å². The number of rotatable bonds is 5. The highest BCUT2D eigenvalue weighted by Crippen LogP contribution is 2.35. The molecular weight excluding hydrogens is 242 g/mol. The summed E-state index contributed by atoms with van der Waals surface area (Å²) < 4.78 is 0. The fraction of sp³-hybridized carbons (Fsp3) is 0.786. The zero-order valence-corrected chi connectivity index (χ0v) is 12.3. The van der Waals surface area contributed by atoms with Crippen LogP contribution in [0.25, 0.3) is 0 Å². The molecular formula is C14H25N3S. The molecule has 0 radical (unpaired) electrons. The molecule has 1 heterocycles. The number of nitrogens with zero attached hydrogens (tertiary/aromatic N) is 1. The predicted octanol–water partition coefficient (Wildman–Crippen LogP) is 3.04. The average Bonchev–Trinajstić information content (AvgIpc) is 2.81. The van der Waals surface area contributed by atoms with Gasteiger partial charge in [0.15, 0.2) is 0 Å². The summed E-state index contributed by atoms with van der Waals surface area (Å²) in [4.78, 5) is 4.57. The number of hydrazine groups is 1. The lowest BCUT2D eigenvalue weighted by molar-refractivity contribution is 0.174. The Balaban J connectivity index is 2.02. The summed E-state index contributed by atoms with van der Waals surface area (Å²) in [6.07, 6.45) is 7.68. The first kappa shape index (κ1) is 14.0. The molecule has 3 N–H and O–H groups in total. The number of thiazole rings is 1. The highest BCUT2D eigenvalue weighted by Gasteiger charge is 2.30. The van der Waals surface area contributed by atoms with E-state index in [1.165, 1.54) is 37.8 Å². The second-order valence-corrected chi connectivity index (χ2v) is 6.51. The van der Waals surface area contributed by atoms with Gasteiger partial charge in [-0.2, -0.15) is 0 Å². The van der Waals surface area contributed by atoms with E-state index in [9.17, 15) is 0 Å². The van der Waals surface area contributed by atoms with E-state index in [1.54, 1.807) is 11.3 Å². The standard InChI is InChI=1S/C14H25N3S/c1-3-11-6-4-5-7-13(11)14(17-15)8-12-9-18-10(2)16-12/h9,11,13-14,17H,3-8,15H2,1-2H3. The molecule has 0 bridgehead atoms. The molecule has 0 aliphatic heterocycles. The fourth-order valence-corrected chi connectivity index (χ4v) is 3.96. The summed E-state index contributed by atoms with van der Waals surface area (Å²) in [5, 5.41) is 3.32. The smallest absolute Gasteiger partial charge is 0.0897 e. The van der Waals surface area contributed by atoms with Crippen LogP contribution in [-0.2, 0) is 6.42 Å². The van der Waals surface area contributed by atoms with Gasteiger partial charge in [-0.1, -0.05) is 32.6 Å². The summed E-state index contributed by atoms with van der Waals surface area (Å²) in [5.74, 6) is 7.35. The lowest BCUT2D eigenvalue weighted by Gasteiger charge is -2.36. The Hall–Kier alpha value is -0.450. The zero-order valence-electron chi connectivity index (χ0n) is 11.5.